The Morgan fingerprint density at radius 1 is 1.14 bits per heavy atom. The van der Waals surface area contributed by atoms with Crippen LogP contribution in [0.15, 0.2) is 42.5 Å². The first-order valence-electron chi connectivity index (χ1n) is 6.24. The molecule has 1 unspecified atom stereocenters. The fourth-order valence-corrected chi connectivity index (χ4v) is 1.91. The molecule has 0 fully saturated rings. The summed E-state index contributed by atoms with van der Waals surface area (Å²) in [5.74, 6) is 0.204. The number of halogens is 2. The van der Waals surface area contributed by atoms with Gasteiger partial charge in [0, 0.05) is 17.4 Å². The van der Waals surface area contributed by atoms with Crippen LogP contribution in [0.4, 0.5) is 11.4 Å². The second-order valence-corrected chi connectivity index (χ2v) is 5.26. The van der Waals surface area contributed by atoms with Crippen LogP contribution in [0.5, 0.6) is 5.75 Å². The van der Waals surface area contributed by atoms with Crippen LogP contribution in [0.2, 0.25) is 10.0 Å². The standard InChI is InChI=1S/C15H14Cl2N2O2/c1-9(21-12-6-7-13(16)14(17)8-12)15(20)19-11-4-2-10(18)3-5-11/h2-9H,18H2,1H3,(H,19,20). The molecule has 0 aliphatic heterocycles. The fourth-order valence-electron chi connectivity index (χ4n) is 1.62. The maximum Gasteiger partial charge on any atom is 0.265 e. The number of amides is 1. The van der Waals surface area contributed by atoms with E-state index in [1.165, 1.54) is 0 Å². The zero-order valence-corrected chi connectivity index (χ0v) is 12.8. The first kappa shape index (κ1) is 15.5. The average molecular weight is 325 g/mol. The fraction of sp³-hybridized carbons (Fsp3) is 0.133. The van der Waals surface area contributed by atoms with Crippen molar-refractivity contribution in [3.05, 3.63) is 52.5 Å². The van der Waals surface area contributed by atoms with Crippen LogP contribution in [0, 0.1) is 0 Å². The maximum absolute atomic E-state index is 12.0. The van der Waals surface area contributed by atoms with Crippen molar-refractivity contribution in [1.29, 1.82) is 0 Å². The van der Waals surface area contributed by atoms with Crippen LogP contribution in [-0.4, -0.2) is 12.0 Å². The van der Waals surface area contributed by atoms with Gasteiger partial charge in [0.1, 0.15) is 5.75 Å². The molecule has 0 saturated heterocycles. The summed E-state index contributed by atoms with van der Waals surface area (Å²) < 4.78 is 5.53. The summed E-state index contributed by atoms with van der Waals surface area (Å²) in [6.07, 6.45) is -0.681. The second-order valence-electron chi connectivity index (χ2n) is 4.45. The molecule has 0 aliphatic rings. The van der Waals surface area contributed by atoms with Gasteiger partial charge in [-0.1, -0.05) is 23.2 Å². The highest BCUT2D eigenvalue weighted by Crippen LogP contribution is 2.27. The first-order valence-corrected chi connectivity index (χ1v) is 6.99. The summed E-state index contributed by atoms with van der Waals surface area (Å²) in [6.45, 7) is 1.65. The lowest BCUT2D eigenvalue weighted by atomic mass is 10.2. The Balaban J connectivity index is 1.98. The number of ether oxygens (including phenoxy) is 1. The highest BCUT2D eigenvalue weighted by atomic mass is 35.5. The summed E-state index contributed by atoms with van der Waals surface area (Å²) in [4.78, 5) is 12.0. The molecule has 4 nitrogen and oxygen atoms in total. The topological polar surface area (TPSA) is 64.3 Å². The molecule has 6 heteroatoms. The van der Waals surface area contributed by atoms with Gasteiger partial charge in [-0.3, -0.25) is 4.79 Å². The number of carbonyl (C=O) groups excluding carboxylic acids is 1. The normalized spacial score (nSPS) is 11.8. The minimum absolute atomic E-state index is 0.272. The van der Waals surface area contributed by atoms with Crippen molar-refractivity contribution in [3.8, 4) is 5.75 Å². The van der Waals surface area contributed by atoms with Gasteiger partial charge < -0.3 is 15.8 Å². The van der Waals surface area contributed by atoms with Gasteiger partial charge in [0.05, 0.1) is 10.0 Å². The van der Waals surface area contributed by atoms with Gasteiger partial charge in [-0.25, -0.2) is 0 Å². The molecule has 2 aromatic carbocycles. The van der Waals surface area contributed by atoms with Crippen LogP contribution >= 0.6 is 23.2 Å². The largest absolute Gasteiger partial charge is 0.481 e. The maximum atomic E-state index is 12.0. The van der Waals surface area contributed by atoms with Crippen molar-refractivity contribution < 1.29 is 9.53 Å². The van der Waals surface area contributed by atoms with Crippen LogP contribution in [0.3, 0.4) is 0 Å². The number of hydrogen-bond acceptors (Lipinski definition) is 3. The molecule has 0 saturated carbocycles. The van der Waals surface area contributed by atoms with Crippen molar-refractivity contribution in [3.63, 3.8) is 0 Å². The van der Waals surface area contributed by atoms with Gasteiger partial charge in [-0.2, -0.15) is 0 Å². The molecule has 0 aliphatic carbocycles. The number of rotatable bonds is 4. The van der Waals surface area contributed by atoms with Gasteiger partial charge in [0.2, 0.25) is 0 Å². The van der Waals surface area contributed by atoms with Gasteiger partial charge in [-0.05, 0) is 43.3 Å². The van der Waals surface area contributed by atoms with E-state index in [4.69, 9.17) is 33.7 Å². The third-order valence-electron chi connectivity index (χ3n) is 2.75. The van der Waals surface area contributed by atoms with E-state index in [9.17, 15) is 4.79 Å². The molecule has 3 N–H and O–H groups in total. The third-order valence-corrected chi connectivity index (χ3v) is 3.49. The lowest BCUT2D eigenvalue weighted by Gasteiger charge is -2.15. The Hall–Kier alpha value is -1.91. The monoisotopic (exact) mass is 324 g/mol. The third kappa shape index (κ3) is 4.28. The quantitative estimate of drug-likeness (QED) is 0.836. The van der Waals surface area contributed by atoms with Crippen molar-refractivity contribution in [2.75, 3.05) is 11.1 Å². The lowest BCUT2D eigenvalue weighted by molar-refractivity contribution is -0.122. The molecule has 0 heterocycles. The Labute approximate surface area is 132 Å². The molecule has 21 heavy (non-hydrogen) atoms. The minimum atomic E-state index is -0.681. The lowest BCUT2D eigenvalue weighted by Crippen LogP contribution is -2.30. The zero-order valence-electron chi connectivity index (χ0n) is 11.3. The second kappa shape index (κ2) is 6.70. The molecule has 0 bridgehead atoms. The van der Waals surface area contributed by atoms with E-state index in [2.05, 4.69) is 5.32 Å². The minimum Gasteiger partial charge on any atom is -0.481 e. The number of carbonyl (C=O) groups is 1. The molecule has 0 aromatic heterocycles. The predicted molar refractivity (Wildman–Crippen MR) is 86.0 cm³/mol. The molecule has 110 valence electrons. The number of nitrogens with one attached hydrogen (secondary N) is 1. The average Bonchev–Trinajstić information content (AvgIpc) is 2.45. The number of nitrogen functional groups attached to an aromatic ring is 1. The van der Waals surface area contributed by atoms with E-state index in [0.29, 0.717) is 27.2 Å². The van der Waals surface area contributed by atoms with Crippen LogP contribution < -0.4 is 15.8 Å². The summed E-state index contributed by atoms with van der Waals surface area (Å²) in [5.41, 5.74) is 6.87. The smallest absolute Gasteiger partial charge is 0.265 e. The molecular formula is C15H14Cl2N2O2. The Bertz CT molecular complexity index is 645. The summed E-state index contributed by atoms with van der Waals surface area (Å²) in [7, 11) is 0. The van der Waals surface area contributed by atoms with E-state index < -0.39 is 6.10 Å². The predicted octanol–water partition coefficient (Wildman–Crippen LogP) is 3.98. The number of benzene rings is 2. The van der Waals surface area contributed by atoms with Crippen molar-refractivity contribution in [1.82, 2.24) is 0 Å². The summed E-state index contributed by atoms with van der Waals surface area (Å²) >= 11 is 11.7. The van der Waals surface area contributed by atoms with E-state index in [-0.39, 0.29) is 5.91 Å². The molecule has 1 atom stereocenters. The van der Waals surface area contributed by atoms with Crippen LogP contribution in [0.25, 0.3) is 0 Å². The van der Waals surface area contributed by atoms with Crippen molar-refractivity contribution >= 4 is 40.5 Å². The van der Waals surface area contributed by atoms with Gasteiger partial charge in [0.15, 0.2) is 6.10 Å². The van der Waals surface area contributed by atoms with Crippen molar-refractivity contribution in [2.24, 2.45) is 0 Å². The highest BCUT2D eigenvalue weighted by molar-refractivity contribution is 6.42. The Morgan fingerprint density at radius 2 is 1.81 bits per heavy atom. The van der Waals surface area contributed by atoms with E-state index in [0.717, 1.165) is 0 Å². The van der Waals surface area contributed by atoms with E-state index in [1.807, 2.05) is 0 Å². The van der Waals surface area contributed by atoms with Crippen LogP contribution in [-0.2, 0) is 4.79 Å². The molecule has 1 amide bonds. The van der Waals surface area contributed by atoms with Gasteiger partial charge >= 0.3 is 0 Å². The SMILES string of the molecule is CC(Oc1ccc(Cl)c(Cl)c1)C(=O)Nc1ccc(N)cc1. The van der Waals surface area contributed by atoms with E-state index in [1.54, 1.807) is 49.4 Å². The Kier molecular flexibility index (Phi) is 4.94. The summed E-state index contributed by atoms with van der Waals surface area (Å²) in [6, 6.07) is 11.7. The number of anilines is 2. The number of nitrogens with two attached hydrogens (primary N) is 1. The summed E-state index contributed by atoms with van der Waals surface area (Å²) in [5, 5.41) is 3.55. The van der Waals surface area contributed by atoms with Gasteiger partial charge in [-0.15, -0.1) is 0 Å². The van der Waals surface area contributed by atoms with Crippen LogP contribution in [0.1, 0.15) is 6.92 Å². The number of hydrogen-bond donors (Lipinski definition) is 2. The Morgan fingerprint density at radius 3 is 2.43 bits per heavy atom. The molecule has 0 radical (unpaired) electrons. The zero-order chi connectivity index (χ0) is 15.4. The molecule has 2 rings (SSSR count). The van der Waals surface area contributed by atoms with Gasteiger partial charge in [0.25, 0.3) is 5.91 Å². The van der Waals surface area contributed by atoms with Crippen molar-refractivity contribution in [2.45, 2.75) is 13.0 Å². The molecule has 0 spiro atoms. The molecular weight excluding hydrogens is 311 g/mol. The first-order chi connectivity index (χ1) is 9.95. The highest BCUT2D eigenvalue weighted by Gasteiger charge is 2.15. The van der Waals surface area contributed by atoms with E-state index >= 15 is 0 Å². The molecule has 2 aromatic rings.